The normalized spacial score (nSPS) is 16.9. The summed E-state index contributed by atoms with van der Waals surface area (Å²) in [6.07, 6.45) is 2.42. The third-order valence-corrected chi connectivity index (χ3v) is 6.14. The van der Waals surface area contributed by atoms with Crippen LogP contribution in [0.25, 0.3) is 0 Å². The predicted octanol–water partition coefficient (Wildman–Crippen LogP) is 4.60. The highest BCUT2D eigenvalue weighted by molar-refractivity contribution is 7.11. The molecule has 28 heavy (non-hydrogen) atoms. The molecule has 1 saturated heterocycles. The fourth-order valence-corrected chi connectivity index (χ4v) is 4.48. The van der Waals surface area contributed by atoms with Crippen LogP contribution in [0.1, 0.15) is 51.1 Å². The number of aromatic nitrogens is 2. The van der Waals surface area contributed by atoms with Gasteiger partial charge in [-0.3, -0.25) is 9.78 Å². The van der Waals surface area contributed by atoms with Crippen molar-refractivity contribution >= 4 is 17.2 Å². The predicted molar refractivity (Wildman–Crippen MR) is 108 cm³/mol. The van der Waals surface area contributed by atoms with Gasteiger partial charge in [0.1, 0.15) is 10.7 Å². The smallest absolute Gasteiger partial charge is 0.265 e. The van der Waals surface area contributed by atoms with E-state index >= 15 is 0 Å². The maximum atomic E-state index is 14.0. The van der Waals surface area contributed by atoms with Crippen molar-refractivity contribution in [3.63, 3.8) is 0 Å². The molecule has 1 aromatic carbocycles. The summed E-state index contributed by atoms with van der Waals surface area (Å²) < 4.78 is 14.0. The molecule has 1 fully saturated rings. The largest absolute Gasteiger partial charge is 0.337 e. The van der Waals surface area contributed by atoms with Gasteiger partial charge in [-0.1, -0.05) is 24.3 Å². The molecule has 144 valence electrons. The number of likely N-dealkylation sites (tertiary alicyclic amines) is 1. The summed E-state index contributed by atoms with van der Waals surface area (Å²) in [5, 5.41) is 0. The van der Waals surface area contributed by atoms with E-state index in [4.69, 9.17) is 4.98 Å². The third-order valence-electron chi connectivity index (χ3n) is 5.22. The fraction of sp³-hybridized carbons (Fsp3) is 0.318. The number of amides is 1. The molecule has 0 saturated carbocycles. The van der Waals surface area contributed by atoms with Gasteiger partial charge in [0, 0.05) is 36.8 Å². The number of halogens is 1. The number of aryl methyl sites for hydroxylation is 1. The Bertz CT molecular complexity index is 987. The molecule has 1 unspecified atom stereocenters. The molecule has 3 heterocycles. The van der Waals surface area contributed by atoms with E-state index in [0.717, 1.165) is 41.3 Å². The quantitative estimate of drug-likeness (QED) is 0.649. The van der Waals surface area contributed by atoms with E-state index in [1.54, 1.807) is 17.6 Å². The number of hydrogen-bond acceptors (Lipinski definition) is 4. The summed E-state index contributed by atoms with van der Waals surface area (Å²) in [7, 11) is 0. The number of pyridine rings is 1. The van der Waals surface area contributed by atoms with Gasteiger partial charge < -0.3 is 4.90 Å². The van der Waals surface area contributed by atoms with Crippen LogP contribution >= 0.6 is 11.3 Å². The van der Waals surface area contributed by atoms with E-state index in [1.165, 1.54) is 17.4 Å². The summed E-state index contributed by atoms with van der Waals surface area (Å²) in [6.45, 7) is 3.30. The first-order valence-electron chi connectivity index (χ1n) is 9.50. The van der Waals surface area contributed by atoms with Crippen LogP contribution in [0, 0.1) is 12.7 Å². The topological polar surface area (TPSA) is 46.1 Å². The van der Waals surface area contributed by atoms with Crippen molar-refractivity contribution in [3.8, 4) is 0 Å². The van der Waals surface area contributed by atoms with Gasteiger partial charge in [0.15, 0.2) is 0 Å². The highest BCUT2D eigenvalue weighted by Gasteiger charge is 2.28. The molecule has 0 spiro atoms. The number of thiazole rings is 1. The standard InChI is InChI=1S/C22H22FN3OS/c1-15-21(28-14-24-15)22(27)26-11-5-7-17(13-26)20-10-4-8-18(25-20)12-16-6-2-3-9-19(16)23/h2-4,6,8-10,14,17H,5,7,11-13H2,1H3. The van der Waals surface area contributed by atoms with Gasteiger partial charge in [0.2, 0.25) is 0 Å². The van der Waals surface area contributed by atoms with E-state index in [2.05, 4.69) is 4.98 Å². The zero-order valence-corrected chi connectivity index (χ0v) is 16.6. The van der Waals surface area contributed by atoms with E-state index in [9.17, 15) is 9.18 Å². The lowest BCUT2D eigenvalue weighted by Gasteiger charge is -2.32. The lowest BCUT2D eigenvalue weighted by Crippen LogP contribution is -2.39. The SMILES string of the molecule is Cc1ncsc1C(=O)N1CCCC(c2cccc(Cc3ccccc3F)n2)C1. The number of nitrogens with zero attached hydrogens (tertiary/aromatic N) is 3. The minimum atomic E-state index is -0.205. The Balaban J connectivity index is 1.50. The van der Waals surface area contributed by atoms with E-state index < -0.39 is 0 Å². The molecule has 1 atom stereocenters. The molecular weight excluding hydrogens is 373 g/mol. The van der Waals surface area contributed by atoms with Crippen molar-refractivity contribution in [2.45, 2.75) is 32.1 Å². The molecule has 0 bridgehead atoms. The zero-order chi connectivity index (χ0) is 19.5. The Labute approximate surface area is 168 Å². The molecule has 1 amide bonds. The van der Waals surface area contributed by atoms with Crippen LogP contribution in [0.15, 0.2) is 48.0 Å². The zero-order valence-electron chi connectivity index (χ0n) is 15.8. The van der Waals surface area contributed by atoms with Gasteiger partial charge in [-0.15, -0.1) is 11.3 Å². The molecule has 0 radical (unpaired) electrons. The molecule has 1 aliphatic heterocycles. The summed E-state index contributed by atoms with van der Waals surface area (Å²) in [4.78, 5) is 24.5. The molecule has 6 heteroatoms. The monoisotopic (exact) mass is 395 g/mol. The fourth-order valence-electron chi connectivity index (χ4n) is 3.71. The molecule has 0 N–H and O–H groups in total. The summed E-state index contributed by atoms with van der Waals surface area (Å²) >= 11 is 1.40. The number of piperidine rings is 1. The van der Waals surface area contributed by atoms with Gasteiger partial charge >= 0.3 is 0 Å². The van der Waals surface area contributed by atoms with Gasteiger partial charge in [0.05, 0.1) is 11.2 Å². The Morgan fingerprint density at radius 2 is 2.11 bits per heavy atom. The highest BCUT2D eigenvalue weighted by Crippen LogP contribution is 2.28. The second-order valence-electron chi connectivity index (χ2n) is 7.18. The Kier molecular flexibility index (Phi) is 5.48. The van der Waals surface area contributed by atoms with Crippen LogP contribution in [0.3, 0.4) is 0 Å². The van der Waals surface area contributed by atoms with E-state index in [1.807, 2.05) is 36.1 Å². The van der Waals surface area contributed by atoms with Gasteiger partial charge in [-0.2, -0.15) is 0 Å². The Hall–Kier alpha value is -2.60. The Morgan fingerprint density at radius 3 is 2.89 bits per heavy atom. The summed E-state index contributed by atoms with van der Waals surface area (Å²) in [6, 6.07) is 12.7. The van der Waals surface area contributed by atoms with Gasteiger partial charge in [-0.25, -0.2) is 9.37 Å². The van der Waals surface area contributed by atoms with Crippen LogP contribution in [-0.4, -0.2) is 33.9 Å². The minimum Gasteiger partial charge on any atom is -0.337 e. The van der Waals surface area contributed by atoms with Crippen molar-refractivity contribution < 1.29 is 9.18 Å². The maximum Gasteiger partial charge on any atom is 0.265 e. The second kappa shape index (κ2) is 8.19. The average molecular weight is 396 g/mol. The lowest BCUT2D eigenvalue weighted by molar-refractivity contribution is 0.0710. The van der Waals surface area contributed by atoms with Gasteiger partial charge in [0.25, 0.3) is 5.91 Å². The number of benzene rings is 1. The van der Waals surface area contributed by atoms with Crippen molar-refractivity contribution in [1.29, 1.82) is 0 Å². The first kappa shape index (κ1) is 18.7. The van der Waals surface area contributed by atoms with Crippen LogP contribution in [0.2, 0.25) is 0 Å². The molecular formula is C22H22FN3OS. The molecule has 3 aromatic rings. The van der Waals surface area contributed by atoms with Crippen LogP contribution in [0.5, 0.6) is 0 Å². The number of carbonyl (C=O) groups excluding carboxylic acids is 1. The maximum absolute atomic E-state index is 14.0. The third kappa shape index (κ3) is 3.97. The number of rotatable bonds is 4. The summed E-state index contributed by atoms with van der Waals surface area (Å²) in [5.74, 6) is 0.0581. The van der Waals surface area contributed by atoms with Crippen molar-refractivity contribution in [2.75, 3.05) is 13.1 Å². The first-order valence-corrected chi connectivity index (χ1v) is 10.4. The number of hydrogen-bond donors (Lipinski definition) is 0. The Morgan fingerprint density at radius 1 is 1.25 bits per heavy atom. The molecule has 0 aliphatic carbocycles. The van der Waals surface area contributed by atoms with Gasteiger partial charge in [-0.05, 0) is 43.5 Å². The molecule has 4 nitrogen and oxygen atoms in total. The highest BCUT2D eigenvalue weighted by atomic mass is 32.1. The van der Waals surface area contributed by atoms with Crippen LogP contribution in [0.4, 0.5) is 4.39 Å². The average Bonchev–Trinajstić information content (AvgIpc) is 3.15. The van der Waals surface area contributed by atoms with Crippen molar-refractivity contribution in [3.05, 3.63) is 81.3 Å². The summed E-state index contributed by atoms with van der Waals surface area (Å²) in [5.41, 5.74) is 4.99. The van der Waals surface area contributed by atoms with E-state index in [0.29, 0.717) is 18.5 Å². The molecule has 4 rings (SSSR count). The molecule has 2 aromatic heterocycles. The van der Waals surface area contributed by atoms with E-state index in [-0.39, 0.29) is 17.6 Å². The lowest BCUT2D eigenvalue weighted by atomic mass is 9.93. The first-order chi connectivity index (χ1) is 13.6. The molecule has 1 aliphatic rings. The second-order valence-corrected chi connectivity index (χ2v) is 8.03. The van der Waals surface area contributed by atoms with Crippen LogP contribution in [-0.2, 0) is 6.42 Å². The van der Waals surface area contributed by atoms with Crippen molar-refractivity contribution in [1.82, 2.24) is 14.9 Å². The van der Waals surface area contributed by atoms with Crippen molar-refractivity contribution in [2.24, 2.45) is 0 Å². The number of carbonyl (C=O) groups is 1. The van der Waals surface area contributed by atoms with Crippen LogP contribution < -0.4 is 0 Å². The minimum absolute atomic E-state index is 0.0622.